The van der Waals surface area contributed by atoms with Gasteiger partial charge >= 0.3 is 5.97 Å². The highest BCUT2D eigenvalue weighted by atomic mass is 35.5. The van der Waals surface area contributed by atoms with Gasteiger partial charge in [-0.3, -0.25) is 0 Å². The van der Waals surface area contributed by atoms with Crippen molar-refractivity contribution in [2.24, 2.45) is 0 Å². The third kappa shape index (κ3) is 2.32. The number of aliphatic carboxylic acids is 1. The molecule has 5 heteroatoms. The lowest BCUT2D eigenvalue weighted by molar-refractivity contribution is -0.181. The minimum Gasteiger partial charge on any atom is -0.477 e. The highest BCUT2D eigenvalue weighted by molar-refractivity contribution is 6.30. The number of halogens is 1. The van der Waals surface area contributed by atoms with Crippen LogP contribution in [0.2, 0.25) is 0 Å². The molecule has 3 aliphatic rings. The van der Waals surface area contributed by atoms with Crippen molar-refractivity contribution >= 4 is 17.6 Å². The Morgan fingerprint density at radius 1 is 1.40 bits per heavy atom. The second-order valence-corrected chi connectivity index (χ2v) is 5.12. The maximum atomic E-state index is 11.2. The van der Waals surface area contributed by atoms with E-state index in [-0.39, 0.29) is 0 Å². The maximum absolute atomic E-state index is 11.2. The summed E-state index contributed by atoms with van der Waals surface area (Å²) in [4.78, 5) is 11.2. The summed E-state index contributed by atoms with van der Waals surface area (Å²) < 4.78 is 10.8. The van der Waals surface area contributed by atoms with Crippen LogP contribution in [0, 0.1) is 0 Å². The molecule has 20 heavy (non-hydrogen) atoms. The average molecular weight is 293 g/mol. The van der Waals surface area contributed by atoms with E-state index in [2.05, 4.69) is 0 Å². The molecule has 0 bridgehead atoms. The molecule has 0 spiro atoms. The number of carboxylic acids is 1. The van der Waals surface area contributed by atoms with Gasteiger partial charge in [0.1, 0.15) is 6.10 Å². The maximum Gasteiger partial charge on any atom is 0.373 e. The van der Waals surface area contributed by atoms with Crippen LogP contribution in [0.15, 0.2) is 58.4 Å². The van der Waals surface area contributed by atoms with Crippen LogP contribution in [0.4, 0.5) is 0 Å². The van der Waals surface area contributed by atoms with Gasteiger partial charge in [0.25, 0.3) is 6.29 Å². The Balaban J connectivity index is 2.10. The lowest BCUT2D eigenvalue weighted by Crippen LogP contribution is -2.34. The van der Waals surface area contributed by atoms with Crippen molar-refractivity contribution in [1.29, 1.82) is 0 Å². The number of rotatable bonds is 1. The molecule has 2 atom stereocenters. The van der Waals surface area contributed by atoms with Gasteiger partial charge in [-0.1, -0.05) is 35.9 Å². The fraction of sp³-hybridized carbons (Fsp3) is 0.267. The van der Waals surface area contributed by atoms with Crippen LogP contribution < -0.4 is 0 Å². The monoisotopic (exact) mass is 292 g/mol. The molecule has 0 saturated carbocycles. The Bertz CT molecular complexity index is 595. The Hall–Kier alpha value is -1.78. The third-order valence-electron chi connectivity index (χ3n) is 3.40. The molecule has 0 aromatic heterocycles. The lowest BCUT2D eigenvalue weighted by Gasteiger charge is -2.30. The van der Waals surface area contributed by atoms with Crippen molar-refractivity contribution in [3.8, 4) is 0 Å². The molecule has 3 rings (SSSR count). The van der Waals surface area contributed by atoms with Gasteiger partial charge in [-0.2, -0.15) is 0 Å². The summed E-state index contributed by atoms with van der Waals surface area (Å²) in [5.41, 5.74) is 2.87. The van der Waals surface area contributed by atoms with Crippen LogP contribution in [-0.4, -0.2) is 23.5 Å². The standard InChI is InChI=1S/C15H13ClO4/c16-12-7-3-6-11-10-5-2-1-4-9(10)8-19-15(14(17)18)20-13(11)12/h1,3-4,6-8,13,15H,2,5H2,(H,17,18)/b9-8?,11-10-. The van der Waals surface area contributed by atoms with Gasteiger partial charge in [0.05, 0.1) is 11.3 Å². The van der Waals surface area contributed by atoms with Crippen LogP contribution >= 0.6 is 11.6 Å². The van der Waals surface area contributed by atoms with Crippen LogP contribution in [0.1, 0.15) is 12.8 Å². The highest BCUT2D eigenvalue weighted by Gasteiger charge is 2.32. The number of hydrogen-bond acceptors (Lipinski definition) is 3. The molecule has 0 saturated heterocycles. The van der Waals surface area contributed by atoms with Gasteiger partial charge in [-0.25, -0.2) is 4.79 Å². The number of ether oxygens (including phenoxy) is 2. The SMILES string of the molecule is O=C(O)C1OC=C2C=CCC/C2=C2\C=CC=C(Cl)C2O1. The molecule has 1 N–H and O–H groups in total. The lowest BCUT2D eigenvalue weighted by atomic mass is 9.87. The van der Waals surface area contributed by atoms with Crippen LogP contribution in [-0.2, 0) is 14.3 Å². The molecule has 0 amide bonds. The van der Waals surface area contributed by atoms with Crippen molar-refractivity contribution in [3.05, 3.63) is 58.4 Å². The number of carbonyl (C=O) groups is 1. The predicted octanol–water partition coefficient (Wildman–Crippen LogP) is 3.04. The zero-order valence-electron chi connectivity index (χ0n) is 10.6. The van der Waals surface area contributed by atoms with Gasteiger partial charge in [0, 0.05) is 5.57 Å². The molecule has 4 nitrogen and oxygen atoms in total. The van der Waals surface area contributed by atoms with Gasteiger partial charge in [-0.05, 0) is 30.1 Å². The minimum absolute atomic E-state index is 0.459. The molecule has 0 radical (unpaired) electrons. The number of carboxylic acid groups (broad SMARTS) is 1. The first-order valence-electron chi connectivity index (χ1n) is 6.34. The molecule has 0 fully saturated rings. The summed E-state index contributed by atoms with van der Waals surface area (Å²) in [6, 6.07) is 0. The van der Waals surface area contributed by atoms with E-state index in [9.17, 15) is 4.79 Å². The Morgan fingerprint density at radius 3 is 3.05 bits per heavy atom. The van der Waals surface area contributed by atoms with Crippen molar-refractivity contribution in [2.45, 2.75) is 25.2 Å². The average Bonchev–Trinajstić information content (AvgIpc) is 2.42. The first-order valence-corrected chi connectivity index (χ1v) is 6.72. The quantitative estimate of drug-likeness (QED) is 0.807. The van der Waals surface area contributed by atoms with E-state index >= 15 is 0 Å². The van der Waals surface area contributed by atoms with Gasteiger partial charge < -0.3 is 14.6 Å². The molecule has 0 aromatic rings. The fourth-order valence-electron chi connectivity index (χ4n) is 2.48. The number of allylic oxidation sites excluding steroid dienone is 6. The predicted molar refractivity (Wildman–Crippen MR) is 73.9 cm³/mol. The van der Waals surface area contributed by atoms with Gasteiger partial charge in [-0.15, -0.1) is 0 Å². The largest absolute Gasteiger partial charge is 0.477 e. The van der Waals surface area contributed by atoms with E-state index in [0.717, 1.165) is 29.6 Å². The van der Waals surface area contributed by atoms with E-state index in [4.69, 9.17) is 26.2 Å². The van der Waals surface area contributed by atoms with E-state index in [1.54, 1.807) is 6.08 Å². The molecule has 2 unspecified atom stereocenters. The second-order valence-electron chi connectivity index (χ2n) is 4.68. The third-order valence-corrected chi connectivity index (χ3v) is 3.72. The zero-order valence-corrected chi connectivity index (χ0v) is 11.3. The van der Waals surface area contributed by atoms with Crippen LogP contribution in [0.25, 0.3) is 0 Å². The first-order chi connectivity index (χ1) is 9.66. The summed E-state index contributed by atoms with van der Waals surface area (Å²) >= 11 is 6.18. The van der Waals surface area contributed by atoms with Crippen molar-refractivity contribution in [3.63, 3.8) is 0 Å². The zero-order chi connectivity index (χ0) is 14.1. The summed E-state index contributed by atoms with van der Waals surface area (Å²) in [5.74, 6) is -1.18. The topological polar surface area (TPSA) is 55.8 Å². The summed E-state index contributed by atoms with van der Waals surface area (Å²) in [6.07, 6.45) is 10.7. The van der Waals surface area contributed by atoms with Crippen LogP contribution in [0.5, 0.6) is 0 Å². The minimum atomic E-state index is -1.37. The van der Waals surface area contributed by atoms with Crippen molar-refractivity contribution < 1.29 is 19.4 Å². The normalized spacial score (nSPS) is 32.0. The highest BCUT2D eigenvalue weighted by Crippen LogP contribution is 2.36. The smallest absolute Gasteiger partial charge is 0.373 e. The molecular weight excluding hydrogens is 280 g/mol. The van der Waals surface area contributed by atoms with Gasteiger partial charge in [0.15, 0.2) is 0 Å². The molecular formula is C15H13ClO4. The number of fused-ring (bicyclic) bond motifs is 2. The fourth-order valence-corrected chi connectivity index (χ4v) is 2.72. The summed E-state index contributed by atoms with van der Waals surface area (Å²) in [5, 5.41) is 9.59. The Labute approximate surface area is 121 Å². The molecule has 104 valence electrons. The molecule has 2 aliphatic carbocycles. The van der Waals surface area contributed by atoms with E-state index < -0.39 is 18.4 Å². The van der Waals surface area contributed by atoms with Crippen LogP contribution in [0.3, 0.4) is 0 Å². The molecule has 0 aromatic carbocycles. The Morgan fingerprint density at radius 2 is 2.25 bits per heavy atom. The molecule has 1 heterocycles. The first kappa shape index (κ1) is 13.2. The second kappa shape index (κ2) is 5.31. The van der Waals surface area contributed by atoms with Gasteiger partial charge in [0.2, 0.25) is 0 Å². The van der Waals surface area contributed by atoms with Crippen molar-refractivity contribution in [2.75, 3.05) is 0 Å². The number of hydrogen-bond donors (Lipinski definition) is 1. The van der Waals surface area contributed by atoms with E-state index in [1.165, 1.54) is 6.26 Å². The van der Waals surface area contributed by atoms with E-state index in [0.29, 0.717) is 5.03 Å². The Kier molecular flexibility index (Phi) is 3.51. The summed E-state index contributed by atoms with van der Waals surface area (Å²) in [7, 11) is 0. The van der Waals surface area contributed by atoms with Crippen molar-refractivity contribution in [1.82, 2.24) is 0 Å². The summed E-state index contributed by atoms with van der Waals surface area (Å²) in [6.45, 7) is 0. The van der Waals surface area contributed by atoms with E-state index in [1.807, 2.05) is 24.3 Å². The molecule has 1 aliphatic heterocycles.